The van der Waals surface area contributed by atoms with Crippen molar-refractivity contribution in [3.05, 3.63) is 67.7 Å². The van der Waals surface area contributed by atoms with Gasteiger partial charge in [0.25, 0.3) is 5.56 Å². The van der Waals surface area contributed by atoms with Gasteiger partial charge in [-0.1, -0.05) is 22.0 Å². The van der Waals surface area contributed by atoms with Crippen LogP contribution in [0.4, 0.5) is 5.69 Å². The molecule has 2 aromatic carbocycles. The Morgan fingerprint density at radius 2 is 1.82 bits per heavy atom. The van der Waals surface area contributed by atoms with E-state index in [9.17, 15) is 4.79 Å². The summed E-state index contributed by atoms with van der Waals surface area (Å²) in [5.41, 5.74) is 5.30. The largest absolute Gasteiger partial charge is 0.371 e. The summed E-state index contributed by atoms with van der Waals surface area (Å²) in [5.74, 6) is 0.569. The van der Waals surface area contributed by atoms with Crippen molar-refractivity contribution in [2.45, 2.75) is 33.6 Å². The van der Waals surface area contributed by atoms with Crippen molar-refractivity contribution in [3.63, 3.8) is 0 Å². The Kier molecular flexibility index (Phi) is 5.06. The maximum atomic E-state index is 12.9. The first-order chi connectivity index (χ1) is 13.5. The van der Waals surface area contributed by atoms with Gasteiger partial charge in [0, 0.05) is 23.2 Å². The zero-order valence-electron chi connectivity index (χ0n) is 16.4. The van der Waals surface area contributed by atoms with Gasteiger partial charge in [-0.15, -0.1) is 0 Å². The van der Waals surface area contributed by atoms with Crippen LogP contribution in [0.5, 0.6) is 0 Å². The Hall–Kier alpha value is -2.47. The Bertz CT molecular complexity index is 1140. The molecule has 0 aliphatic carbocycles. The molecule has 2 heterocycles. The third-order valence-electron chi connectivity index (χ3n) is 5.53. The van der Waals surface area contributed by atoms with Crippen LogP contribution in [-0.4, -0.2) is 29.0 Å². The topological polar surface area (TPSA) is 50.5 Å². The Morgan fingerprint density at radius 3 is 2.57 bits per heavy atom. The van der Waals surface area contributed by atoms with Gasteiger partial charge in [-0.05, 0) is 74.6 Å². The summed E-state index contributed by atoms with van der Waals surface area (Å²) >= 11 is 3.42. The molecular weight excluding hydrogens is 416 g/mol. The fourth-order valence-electron chi connectivity index (χ4n) is 3.78. The highest BCUT2D eigenvalue weighted by atomic mass is 79.9. The van der Waals surface area contributed by atoms with Gasteiger partial charge in [0.15, 0.2) is 0 Å². The molecule has 0 unspecified atom stereocenters. The number of nitrogens with zero attached hydrogens (tertiary/aromatic N) is 4. The highest BCUT2D eigenvalue weighted by molar-refractivity contribution is 9.10. The molecule has 0 bridgehead atoms. The molecule has 4 rings (SSSR count). The predicted octanol–water partition coefficient (Wildman–Crippen LogP) is 4.57. The molecule has 0 spiro atoms. The molecular formula is C22H23BrN4O. The van der Waals surface area contributed by atoms with E-state index in [4.69, 9.17) is 0 Å². The van der Waals surface area contributed by atoms with Crippen molar-refractivity contribution < 1.29 is 0 Å². The van der Waals surface area contributed by atoms with Gasteiger partial charge >= 0.3 is 0 Å². The molecule has 1 aliphatic rings. The van der Waals surface area contributed by atoms with Crippen molar-refractivity contribution in [2.75, 3.05) is 18.0 Å². The molecule has 144 valence electrons. The molecule has 5 nitrogen and oxygen atoms in total. The van der Waals surface area contributed by atoms with E-state index in [1.807, 2.05) is 12.1 Å². The molecule has 0 atom stereocenters. The van der Waals surface area contributed by atoms with E-state index < -0.39 is 0 Å². The minimum atomic E-state index is -0.164. The van der Waals surface area contributed by atoms with Crippen molar-refractivity contribution in [2.24, 2.45) is 5.10 Å². The molecule has 1 saturated heterocycles. The highest BCUT2D eigenvalue weighted by Gasteiger charge is 2.16. The maximum absolute atomic E-state index is 12.9. The van der Waals surface area contributed by atoms with E-state index in [-0.39, 0.29) is 5.56 Å². The second-order valence-electron chi connectivity index (χ2n) is 7.30. The molecule has 0 saturated carbocycles. The lowest BCUT2D eigenvalue weighted by Gasteiger charge is -2.22. The fourth-order valence-corrected chi connectivity index (χ4v) is 4.14. The molecule has 6 heteroatoms. The molecule has 1 fully saturated rings. The first kappa shape index (κ1) is 18.9. The summed E-state index contributed by atoms with van der Waals surface area (Å²) in [6.45, 7) is 8.32. The Labute approximate surface area is 172 Å². The van der Waals surface area contributed by atoms with Crippen LogP contribution in [0.3, 0.4) is 0 Å². The number of halogens is 1. The minimum absolute atomic E-state index is 0.164. The number of hydrogen-bond donors (Lipinski definition) is 0. The van der Waals surface area contributed by atoms with Crippen molar-refractivity contribution in [1.29, 1.82) is 0 Å². The lowest BCUT2D eigenvalue weighted by atomic mass is 10.0. The molecule has 28 heavy (non-hydrogen) atoms. The summed E-state index contributed by atoms with van der Waals surface area (Å²) in [4.78, 5) is 19.8. The lowest BCUT2D eigenvalue weighted by molar-refractivity contribution is 0.770. The first-order valence-corrected chi connectivity index (χ1v) is 10.3. The van der Waals surface area contributed by atoms with Crippen LogP contribution in [0.25, 0.3) is 10.9 Å². The number of anilines is 1. The summed E-state index contributed by atoms with van der Waals surface area (Å²) in [5, 5.41) is 5.02. The number of benzene rings is 2. The third-order valence-corrected chi connectivity index (χ3v) is 6.02. The van der Waals surface area contributed by atoms with Crippen molar-refractivity contribution in [3.8, 4) is 0 Å². The smallest absolute Gasteiger partial charge is 0.282 e. The third kappa shape index (κ3) is 3.37. The second-order valence-corrected chi connectivity index (χ2v) is 8.22. The zero-order valence-corrected chi connectivity index (χ0v) is 18.0. The number of aryl methyl sites for hydroxylation is 1. The second kappa shape index (κ2) is 7.51. The summed E-state index contributed by atoms with van der Waals surface area (Å²) < 4.78 is 2.22. The average molecular weight is 439 g/mol. The van der Waals surface area contributed by atoms with Crippen LogP contribution in [0.2, 0.25) is 0 Å². The van der Waals surface area contributed by atoms with E-state index in [1.54, 1.807) is 19.2 Å². The van der Waals surface area contributed by atoms with Crippen molar-refractivity contribution >= 4 is 38.7 Å². The number of rotatable bonds is 3. The molecule has 3 aromatic rings. The van der Waals surface area contributed by atoms with E-state index in [1.165, 1.54) is 34.3 Å². The number of aromatic nitrogens is 2. The van der Waals surface area contributed by atoms with E-state index in [0.29, 0.717) is 16.7 Å². The molecule has 0 amide bonds. The molecule has 0 N–H and O–H groups in total. The van der Waals surface area contributed by atoms with Gasteiger partial charge in [0.05, 0.1) is 17.1 Å². The minimum Gasteiger partial charge on any atom is -0.371 e. The van der Waals surface area contributed by atoms with Gasteiger partial charge in [0.1, 0.15) is 5.82 Å². The summed E-state index contributed by atoms with van der Waals surface area (Å²) in [6, 6.07) is 9.77. The van der Waals surface area contributed by atoms with Crippen LogP contribution in [0.15, 0.2) is 44.7 Å². The van der Waals surface area contributed by atoms with Crippen LogP contribution in [-0.2, 0) is 0 Å². The monoisotopic (exact) mass is 438 g/mol. The van der Waals surface area contributed by atoms with Crippen LogP contribution in [0.1, 0.15) is 35.4 Å². The fraction of sp³-hybridized carbons (Fsp3) is 0.318. The number of hydrogen-bond acceptors (Lipinski definition) is 4. The normalized spacial score (nSPS) is 14.5. The molecule has 1 aliphatic heterocycles. The predicted molar refractivity (Wildman–Crippen MR) is 119 cm³/mol. The zero-order chi connectivity index (χ0) is 19.8. The first-order valence-electron chi connectivity index (χ1n) is 9.54. The number of fused-ring (bicyclic) bond motifs is 1. The SMILES string of the molecule is Cc1c(C=Nn2c(C)nc3ccc(Br)cc3c2=O)ccc(N2CCCC2)c1C. The Balaban J connectivity index is 1.73. The van der Waals surface area contributed by atoms with Crippen LogP contribution < -0.4 is 10.5 Å². The highest BCUT2D eigenvalue weighted by Crippen LogP contribution is 2.27. The van der Waals surface area contributed by atoms with Crippen LogP contribution >= 0.6 is 15.9 Å². The van der Waals surface area contributed by atoms with Gasteiger partial charge in [-0.25, -0.2) is 4.98 Å². The van der Waals surface area contributed by atoms with Gasteiger partial charge < -0.3 is 4.90 Å². The Morgan fingerprint density at radius 1 is 1.07 bits per heavy atom. The summed E-state index contributed by atoms with van der Waals surface area (Å²) in [6.07, 6.45) is 4.28. The maximum Gasteiger partial charge on any atom is 0.282 e. The average Bonchev–Trinajstić information content (AvgIpc) is 3.20. The van der Waals surface area contributed by atoms with Crippen molar-refractivity contribution in [1.82, 2.24) is 9.66 Å². The van der Waals surface area contributed by atoms with Crippen LogP contribution in [0, 0.1) is 20.8 Å². The quantitative estimate of drug-likeness (QED) is 0.562. The lowest BCUT2D eigenvalue weighted by Crippen LogP contribution is -2.21. The summed E-state index contributed by atoms with van der Waals surface area (Å²) in [7, 11) is 0. The van der Waals surface area contributed by atoms with Gasteiger partial charge in [-0.2, -0.15) is 9.78 Å². The van der Waals surface area contributed by atoms with E-state index in [0.717, 1.165) is 23.1 Å². The molecule has 0 radical (unpaired) electrons. The van der Waals surface area contributed by atoms with E-state index in [2.05, 4.69) is 56.9 Å². The van der Waals surface area contributed by atoms with Gasteiger partial charge in [0.2, 0.25) is 0 Å². The molecule has 1 aromatic heterocycles. The van der Waals surface area contributed by atoms with Gasteiger partial charge in [-0.3, -0.25) is 4.79 Å². The van der Waals surface area contributed by atoms with E-state index >= 15 is 0 Å². The standard InChI is InChI=1S/C22H23BrN4O/c1-14-15(2)21(26-10-4-5-11-26)9-6-17(14)13-24-27-16(3)25-20-8-7-18(23)12-19(20)22(27)28/h6-9,12-13H,4-5,10-11H2,1-3H3.